The molecular formula is C37H46N2O7. The van der Waals surface area contributed by atoms with Crippen LogP contribution < -0.4 is 5.32 Å². The topological polar surface area (TPSA) is 118 Å². The number of likely N-dealkylation sites (tertiary alicyclic amines) is 1. The van der Waals surface area contributed by atoms with Crippen LogP contribution >= 0.6 is 0 Å². The summed E-state index contributed by atoms with van der Waals surface area (Å²) in [5.41, 5.74) is 5.85. The number of nitrogens with one attached hydrogen (secondary N) is 1. The van der Waals surface area contributed by atoms with Gasteiger partial charge in [0.15, 0.2) is 6.29 Å². The van der Waals surface area contributed by atoms with E-state index >= 15 is 0 Å². The Bertz CT molecular complexity index is 1430. The van der Waals surface area contributed by atoms with Crippen LogP contribution in [0.15, 0.2) is 72.8 Å². The van der Waals surface area contributed by atoms with Gasteiger partial charge in [0.2, 0.25) is 5.91 Å². The van der Waals surface area contributed by atoms with Gasteiger partial charge >= 0.3 is 5.97 Å². The minimum atomic E-state index is -0.898. The Kier molecular flexibility index (Phi) is 12.0. The van der Waals surface area contributed by atoms with E-state index in [0.29, 0.717) is 25.6 Å². The van der Waals surface area contributed by atoms with E-state index in [-0.39, 0.29) is 43.5 Å². The molecule has 0 aliphatic carbocycles. The van der Waals surface area contributed by atoms with E-state index in [0.717, 1.165) is 59.3 Å². The average Bonchev–Trinajstić information content (AvgIpc) is 3.51. The smallest absolute Gasteiger partial charge is 0.303 e. The second kappa shape index (κ2) is 16.3. The molecule has 0 radical (unpaired) electrons. The third kappa shape index (κ3) is 8.60. The second-order valence-corrected chi connectivity index (χ2v) is 12.4. The number of aliphatic carboxylic acids is 1. The molecule has 0 unspecified atom stereocenters. The van der Waals surface area contributed by atoms with Crippen molar-refractivity contribution >= 4 is 11.9 Å². The Balaban J connectivity index is 1.33. The molecule has 5 atom stereocenters. The summed E-state index contributed by atoms with van der Waals surface area (Å²) in [4.78, 5) is 25.5. The number of carbonyl (C=O) groups is 2. The van der Waals surface area contributed by atoms with Crippen molar-refractivity contribution in [3.63, 3.8) is 0 Å². The quantitative estimate of drug-likeness (QED) is 0.210. The van der Waals surface area contributed by atoms with Gasteiger partial charge in [-0.05, 0) is 53.6 Å². The fraction of sp³-hybridized carbons (Fsp3) is 0.459. The summed E-state index contributed by atoms with van der Waals surface area (Å²) in [6.07, 6.45) is 1.96. The molecule has 9 heteroatoms. The molecule has 2 aliphatic heterocycles. The maximum atomic E-state index is 12.3. The van der Waals surface area contributed by atoms with Gasteiger partial charge in [-0.2, -0.15) is 0 Å². The van der Waals surface area contributed by atoms with Crippen LogP contribution in [-0.4, -0.2) is 65.9 Å². The molecule has 5 rings (SSSR count). The molecule has 3 N–H and O–H groups in total. The molecule has 3 aromatic rings. The Morgan fingerprint density at radius 1 is 0.978 bits per heavy atom. The van der Waals surface area contributed by atoms with Crippen LogP contribution in [0.4, 0.5) is 0 Å². The van der Waals surface area contributed by atoms with Gasteiger partial charge in [0, 0.05) is 50.6 Å². The van der Waals surface area contributed by atoms with Crippen LogP contribution in [0.25, 0.3) is 11.1 Å². The fourth-order valence-corrected chi connectivity index (χ4v) is 6.53. The zero-order valence-corrected chi connectivity index (χ0v) is 26.8. The van der Waals surface area contributed by atoms with Crippen LogP contribution in [0, 0.1) is 5.92 Å². The third-order valence-corrected chi connectivity index (χ3v) is 9.18. The Morgan fingerprint density at radius 3 is 2.43 bits per heavy atom. The number of nitrogens with zero attached hydrogens (tertiary/aromatic N) is 1. The normalized spacial score (nSPS) is 23.3. The molecule has 9 nitrogen and oxygen atoms in total. The minimum Gasteiger partial charge on any atom is -0.481 e. The highest BCUT2D eigenvalue weighted by Gasteiger charge is 2.40. The van der Waals surface area contributed by atoms with Gasteiger partial charge in [-0.1, -0.05) is 79.7 Å². The molecule has 2 aliphatic rings. The zero-order valence-electron chi connectivity index (χ0n) is 26.8. The highest BCUT2D eigenvalue weighted by Crippen LogP contribution is 2.42. The van der Waals surface area contributed by atoms with Crippen LogP contribution in [0.5, 0.6) is 0 Å². The molecule has 0 bridgehead atoms. The van der Waals surface area contributed by atoms with Crippen LogP contribution in [0.2, 0.25) is 0 Å². The molecule has 246 valence electrons. The van der Waals surface area contributed by atoms with Gasteiger partial charge in [-0.15, -0.1) is 0 Å². The lowest BCUT2D eigenvalue weighted by Crippen LogP contribution is -2.46. The van der Waals surface area contributed by atoms with E-state index in [1.165, 1.54) is 0 Å². The zero-order chi connectivity index (χ0) is 32.5. The van der Waals surface area contributed by atoms with Gasteiger partial charge in [0.1, 0.15) is 0 Å². The number of methoxy groups -OCH3 is 1. The molecule has 0 saturated carbocycles. The predicted octanol–water partition coefficient (Wildman–Crippen LogP) is 5.62. The summed E-state index contributed by atoms with van der Waals surface area (Å²) in [7, 11) is 1.76. The molecule has 2 saturated heterocycles. The highest BCUT2D eigenvalue weighted by molar-refractivity contribution is 5.77. The van der Waals surface area contributed by atoms with Crippen molar-refractivity contribution in [3.8, 4) is 11.1 Å². The average molecular weight is 631 g/mol. The number of carbonyl (C=O) groups excluding carboxylic acids is 1. The number of rotatable bonds is 14. The third-order valence-electron chi connectivity index (χ3n) is 9.18. The summed E-state index contributed by atoms with van der Waals surface area (Å²) in [6, 6.07) is 24.5. The number of carboxylic acid groups (broad SMARTS) is 1. The number of hydrogen-bond acceptors (Lipinski definition) is 7. The van der Waals surface area contributed by atoms with E-state index in [1.54, 1.807) is 7.11 Å². The van der Waals surface area contributed by atoms with Crippen LogP contribution in [0.3, 0.4) is 0 Å². The predicted molar refractivity (Wildman–Crippen MR) is 175 cm³/mol. The molecule has 2 fully saturated rings. The summed E-state index contributed by atoms with van der Waals surface area (Å²) < 4.78 is 18.9. The lowest BCUT2D eigenvalue weighted by Gasteiger charge is -2.43. The lowest BCUT2D eigenvalue weighted by molar-refractivity contribution is -0.276. The van der Waals surface area contributed by atoms with Crippen molar-refractivity contribution in [2.45, 2.75) is 76.7 Å². The van der Waals surface area contributed by atoms with Crippen molar-refractivity contribution in [3.05, 3.63) is 95.1 Å². The van der Waals surface area contributed by atoms with E-state index in [4.69, 9.17) is 19.3 Å². The monoisotopic (exact) mass is 630 g/mol. The van der Waals surface area contributed by atoms with E-state index in [9.17, 15) is 14.7 Å². The van der Waals surface area contributed by atoms with Gasteiger partial charge < -0.3 is 29.7 Å². The minimum absolute atomic E-state index is 0.000205. The molecule has 1 amide bonds. The van der Waals surface area contributed by atoms with Gasteiger partial charge in [0.25, 0.3) is 0 Å². The molecule has 0 spiro atoms. The summed E-state index contributed by atoms with van der Waals surface area (Å²) in [6.45, 7) is 5.09. The number of aliphatic hydroxyl groups is 1. The number of benzene rings is 3. The molecule has 46 heavy (non-hydrogen) atoms. The maximum Gasteiger partial charge on any atom is 0.303 e. The van der Waals surface area contributed by atoms with Crippen molar-refractivity contribution in [2.24, 2.45) is 5.92 Å². The van der Waals surface area contributed by atoms with Crippen LogP contribution in [0.1, 0.15) is 73.7 Å². The molecule has 0 aromatic heterocycles. The van der Waals surface area contributed by atoms with Crippen molar-refractivity contribution in [1.29, 1.82) is 0 Å². The first-order valence-corrected chi connectivity index (χ1v) is 16.3. The Hall–Kier alpha value is -3.60. The Labute approximate surface area is 271 Å². The summed E-state index contributed by atoms with van der Waals surface area (Å²) in [5, 5.41) is 21.3. The number of ether oxygens (including phenoxy) is 3. The summed E-state index contributed by atoms with van der Waals surface area (Å²) in [5.74, 6) is -0.958. The second-order valence-electron chi connectivity index (χ2n) is 12.4. The molecule has 3 aromatic carbocycles. The van der Waals surface area contributed by atoms with Gasteiger partial charge in [0.05, 0.1) is 25.4 Å². The van der Waals surface area contributed by atoms with Crippen molar-refractivity contribution in [1.82, 2.24) is 10.2 Å². The first-order chi connectivity index (χ1) is 22.4. The summed E-state index contributed by atoms with van der Waals surface area (Å²) >= 11 is 0. The standard InChI is InChI=1S/C37H46N2O7/c1-25-33(22-39-20-6-8-31(39)24-44-2)45-37(46-36(25)28-14-12-26(23-40)13-15-28)29-18-16-27(17-19-29)32-9-4-3-7-30(32)21-38-34(41)10-5-11-35(42)43/h3-4,7,9,12-19,25,31,33,36-37,40H,5-6,8,10-11,20-24H2,1-2H3,(H,38,41)(H,42,43)/t25-,31-,33+,36+,37+/m0/s1. The number of carboxylic acids is 1. The SMILES string of the molecule is COC[C@@H]1CCCN1C[C@H]1O[C@@H](c2ccc(-c3ccccc3CNC(=O)CCCC(=O)O)cc2)O[C@@H](c2ccc(CO)cc2)[C@H]1C. The maximum absolute atomic E-state index is 12.3. The van der Waals surface area contributed by atoms with E-state index in [1.807, 2.05) is 60.7 Å². The number of hydrogen-bond donors (Lipinski definition) is 3. The highest BCUT2D eigenvalue weighted by atomic mass is 16.7. The van der Waals surface area contributed by atoms with E-state index in [2.05, 4.69) is 29.3 Å². The first-order valence-electron chi connectivity index (χ1n) is 16.3. The molecule has 2 heterocycles. The van der Waals surface area contributed by atoms with Crippen LogP contribution in [-0.2, 0) is 37.0 Å². The first kappa shape index (κ1) is 33.8. The Morgan fingerprint density at radius 2 is 1.72 bits per heavy atom. The number of aliphatic hydroxyl groups excluding tert-OH is 1. The van der Waals surface area contributed by atoms with Crippen molar-refractivity contribution in [2.75, 3.05) is 26.8 Å². The van der Waals surface area contributed by atoms with Gasteiger partial charge in [-0.3, -0.25) is 14.5 Å². The fourth-order valence-electron chi connectivity index (χ4n) is 6.53. The van der Waals surface area contributed by atoms with E-state index < -0.39 is 12.3 Å². The molecular weight excluding hydrogens is 584 g/mol. The number of amides is 1. The van der Waals surface area contributed by atoms with Crippen molar-refractivity contribution < 1.29 is 34.0 Å². The van der Waals surface area contributed by atoms with Gasteiger partial charge in [-0.25, -0.2) is 0 Å². The lowest BCUT2D eigenvalue weighted by atomic mass is 9.89. The largest absolute Gasteiger partial charge is 0.481 e.